The van der Waals surface area contributed by atoms with Gasteiger partial charge in [-0.25, -0.2) is 8.78 Å². The van der Waals surface area contributed by atoms with Crippen molar-refractivity contribution >= 4 is 0 Å². The third-order valence-corrected chi connectivity index (χ3v) is 7.49. The first-order valence-electron chi connectivity index (χ1n) is 11.6. The lowest BCUT2D eigenvalue weighted by atomic mass is 9.68. The predicted molar refractivity (Wildman–Crippen MR) is 110 cm³/mol. The zero-order valence-electron chi connectivity index (χ0n) is 17.2. The first-order valence-corrected chi connectivity index (χ1v) is 11.6. The average Bonchev–Trinajstić information content (AvgIpc) is 2.70. The number of unbranched alkanes of at least 4 members (excludes halogenated alkanes) is 2. The Morgan fingerprint density at radius 2 is 1.33 bits per heavy atom. The maximum absolute atomic E-state index is 13.3. The Morgan fingerprint density at radius 1 is 0.741 bits per heavy atom. The van der Waals surface area contributed by atoms with Gasteiger partial charge in [0.1, 0.15) is 0 Å². The first kappa shape index (κ1) is 20.8. The number of aryl methyl sites for hydroxylation is 1. The second-order valence-corrected chi connectivity index (χ2v) is 9.34. The molecular formula is C25H38F2. The molecule has 2 saturated carbocycles. The summed E-state index contributed by atoms with van der Waals surface area (Å²) in [5.74, 6) is 2.29. The SMILES string of the molecule is CCCCCC1CCC([C@H]2CC[C@H](CCc3ccc(F)c(F)c3)CC2)CC1. The van der Waals surface area contributed by atoms with E-state index in [0.717, 1.165) is 42.1 Å². The summed E-state index contributed by atoms with van der Waals surface area (Å²) in [5, 5.41) is 0. The number of rotatable bonds is 8. The molecule has 0 aromatic heterocycles. The van der Waals surface area contributed by atoms with Gasteiger partial charge in [-0.2, -0.15) is 0 Å². The van der Waals surface area contributed by atoms with Crippen LogP contribution in [-0.4, -0.2) is 0 Å². The molecular weight excluding hydrogens is 338 g/mol. The molecule has 27 heavy (non-hydrogen) atoms. The van der Waals surface area contributed by atoms with Crippen LogP contribution in [0.2, 0.25) is 0 Å². The van der Waals surface area contributed by atoms with Gasteiger partial charge < -0.3 is 0 Å². The van der Waals surface area contributed by atoms with E-state index in [1.165, 1.54) is 89.2 Å². The van der Waals surface area contributed by atoms with Gasteiger partial charge in [0.2, 0.25) is 0 Å². The van der Waals surface area contributed by atoms with E-state index in [1.54, 1.807) is 6.07 Å². The summed E-state index contributed by atoms with van der Waals surface area (Å²) in [6.07, 6.45) is 19.0. The minimum Gasteiger partial charge on any atom is -0.204 e. The Morgan fingerprint density at radius 3 is 1.89 bits per heavy atom. The molecule has 3 rings (SSSR count). The fourth-order valence-electron chi connectivity index (χ4n) is 5.65. The van der Waals surface area contributed by atoms with Gasteiger partial charge >= 0.3 is 0 Å². The molecule has 0 saturated heterocycles. The minimum atomic E-state index is -0.737. The average molecular weight is 377 g/mol. The summed E-state index contributed by atoms with van der Waals surface area (Å²) < 4.78 is 26.4. The summed E-state index contributed by atoms with van der Waals surface area (Å²) in [5.41, 5.74) is 0.942. The maximum Gasteiger partial charge on any atom is 0.159 e. The van der Waals surface area contributed by atoms with Crippen LogP contribution < -0.4 is 0 Å². The van der Waals surface area contributed by atoms with Crippen molar-refractivity contribution in [3.63, 3.8) is 0 Å². The third-order valence-electron chi connectivity index (χ3n) is 7.49. The number of hydrogen-bond donors (Lipinski definition) is 0. The maximum atomic E-state index is 13.3. The first-order chi connectivity index (χ1) is 13.2. The molecule has 2 aliphatic carbocycles. The standard InChI is InChI=1S/C25H38F2/c1-2-3-4-5-19-8-13-22(14-9-19)23-15-10-20(11-16-23)6-7-21-12-17-24(26)25(27)18-21/h12,17-20,22-23H,2-11,13-16H2,1H3/t19?,20-,22?,23-. The van der Waals surface area contributed by atoms with Gasteiger partial charge in [-0.1, -0.05) is 64.4 Å². The minimum absolute atomic E-state index is 0.707. The lowest BCUT2D eigenvalue weighted by Crippen LogP contribution is -2.26. The van der Waals surface area contributed by atoms with E-state index in [2.05, 4.69) is 6.92 Å². The van der Waals surface area contributed by atoms with E-state index in [0.29, 0.717) is 0 Å². The van der Waals surface area contributed by atoms with Gasteiger partial charge in [-0.05, 0) is 79.9 Å². The summed E-state index contributed by atoms with van der Waals surface area (Å²) >= 11 is 0. The van der Waals surface area contributed by atoms with Crippen molar-refractivity contribution in [2.75, 3.05) is 0 Å². The van der Waals surface area contributed by atoms with E-state index in [1.807, 2.05) is 0 Å². The molecule has 0 radical (unpaired) electrons. The van der Waals surface area contributed by atoms with Crippen LogP contribution in [0.15, 0.2) is 18.2 Å². The lowest BCUT2D eigenvalue weighted by molar-refractivity contribution is 0.140. The Labute approximate surface area is 165 Å². The molecule has 0 heterocycles. The van der Waals surface area contributed by atoms with Crippen LogP contribution in [0, 0.1) is 35.3 Å². The van der Waals surface area contributed by atoms with Crippen molar-refractivity contribution in [1.29, 1.82) is 0 Å². The zero-order chi connectivity index (χ0) is 19.1. The number of benzene rings is 1. The van der Waals surface area contributed by atoms with Crippen molar-refractivity contribution < 1.29 is 8.78 Å². The molecule has 0 N–H and O–H groups in total. The molecule has 152 valence electrons. The quantitative estimate of drug-likeness (QED) is 0.402. The van der Waals surface area contributed by atoms with Crippen molar-refractivity contribution in [2.45, 2.75) is 96.8 Å². The van der Waals surface area contributed by atoms with Crippen molar-refractivity contribution in [3.8, 4) is 0 Å². The predicted octanol–water partition coefficient (Wildman–Crippen LogP) is 8.09. The molecule has 2 fully saturated rings. The molecule has 2 heteroatoms. The Hall–Kier alpha value is -0.920. The van der Waals surface area contributed by atoms with E-state index in [9.17, 15) is 8.78 Å². The molecule has 0 aliphatic heterocycles. The van der Waals surface area contributed by atoms with E-state index < -0.39 is 11.6 Å². The molecule has 1 aromatic rings. The number of hydrogen-bond acceptors (Lipinski definition) is 0. The largest absolute Gasteiger partial charge is 0.204 e. The molecule has 0 nitrogen and oxygen atoms in total. The van der Waals surface area contributed by atoms with Crippen molar-refractivity contribution in [2.24, 2.45) is 23.7 Å². The van der Waals surface area contributed by atoms with Gasteiger partial charge in [-0.3, -0.25) is 0 Å². The van der Waals surface area contributed by atoms with Crippen LogP contribution in [0.25, 0.3) is 0 Å². The molecule has 0 spiro atoms. The Balaban J connectivity index is 1.34. The summed E-state index contributed by atoms with van der Waals surface area (Å²) in [7, 11) is 0. The van der Waals surface area contributed by atoms with Crippen LogP contribution in [-0.2, 0) is 6.42 Å². The highest BCUT2D eigenvalue weighted by Gasteiger charge is 2.30. The second-order valence-electron chi connectivity index (χ2n) is 9.34. The molecule has 0 atom stereocenters. The fourth-order valence-corrected chi connectivity index (χ4v) is 5.65. The summed E-state index contributed by atoms with van der Waals surface area (Å²) in [6, 6.07) is 4.38. The second kappa shape index (κ2) is 10.6. The van der Waals surface area contributed by atoms with Crippen LogP contribution in [0.5, 0.6) is 0 Å². The summed E-state index contributed by atoms with van der Waals surface area (Å²) in [4.78, 5) is 0. The highest BCUT2D eigenvalue weighted by molar-refractivity contribution is 5.17. The molecule has 0 amide bonds. The lowest BCUT2D eigenvalue weighted by Gasteiger charge is -2.38. The van der Waals surface area contributed by atoms with Crippen LogP contribution in [0.1, 0.15) is 96.0 Å². The molecule has 1 aromatic carbocycles. The van der Waals surface area contributed by atoms with Gasteiger partial charge in [-0.15, -0.1) is 0 Å². The molecule has 0 unspecified atom stereocenters. The van der Waals surface area contributed by atoms with Gasteiger partial charge in [0.25, 0.3) is 0 Å². The monoisotopic (exact) mass is 376 g/mol. The number of halogens is 2. The normalized spacial score (nSPS) is 29.0. The van der Waals surface area contributed by atoms with Crippen LogP contribution >= 0.6 is 0 Å². The Kier molecular flexibility index (Phi) is 8.15. The van der Waals surface area contributed by atoms with Crippen molar-refractivity contribution in [1.82, 2.24) is 0 Å². The molecule has 0 bridgehead atoms. The van der Waals surface area contributed by atoms with Crippen LogP contribution in [0.4, 0.5) is 8.78 Å². The smallest absolute Gasteiger partial charge is 0.159 e. The van der Waals surface area contributed by atoms with E-state index in [4.69, 9.17) is 0 Å². The van der Waals surface area contributed by atoms with Crippen LogP contribution in [0.3, 0.4) is 0 Å². The van der Waals surface area contributed by atoms with Crippen molar-refractivity contribution in [3.05, 3.63) is 35.4 Å². The van der Waals surface area contributed by atoms with Gasteiger partial charge in [0.05, 0.1) is 0 Å². The van der Waals surface area contributed by atoms with E-state index >= 15 is 0 Å². The topological polar surface area (TPSA) is 0 Å². The summed E-state index contributed by atoms with van der Waals surface area (Å²) in [6.45, 7) is 2.30. The fraction of sp³-hybridized carbons (Fsp3) is 0.760. The highest BCUT2D eigenvalue weighted by atomic mass is 19.2. The third kappa shape index (κ3) is 6.29. The highest BCUT2D eigenvalue weighted by Crippen LogP contribution is 2.43. The zero-order valence-corrected chi connectivity index (χ0v) is 17.2. The molecule has 2 aliphatic rings. The van der Waals surface area contributed by atoms with E-state index in [-0.39, 0.29) is 0 Å². The Bertz CT molecular complexity index is 551. The van der Waals surface area contributed by atoms with Gasteiger partial charge in [0.15, 0.2) is 11.6 Å². The van der Waals surface area contributed by atoms with Gasteiger partial charge in [0, 0.05) is 0 Å².